The van der Waals surface area contributed by atoms with Crippen LogP contribution in [0.5, 0.6) is 0 Å². The number of likely N-dealkylation sites (N-methyl/N-ethyl adjacent to an activating group) is 1. The maximum Gasteiger partial charge on any atom is 0.224 e. The van der Waals surface area contributed by atoms with Crippen molar-refractivity contribution < 1.29 is 4.79 Å². The summed E-state index contributed by atoms with van der Waals surface area (Å²) in [6.07, 6.45) is 1.47. The Bertz CT molecular complexity index is 424. The molecular formula is C15H24N4O. The van der Waals surface area contributed by atoms with Crippen LogP contribution >= 0.6 is 0 Å². The van der Waals surface area contributed by atoms with E-state index in [1.165, 1.54) is 0 Å². The summed E-state index contributed by atoms with van der Waals surface area (Å²) in [6.45, 7) is 5.46. The number of nitrogens with zero attached hydrogens (tertiary/aromatic N) is 2. The van der Waals surface area contributed by atoms with Gasteiger partial charge < -0.3 is 20.9 Å². The summed E-state index contributed by atoms with van der Waals surface area (Å²) in [5.41, 5.74) is 7.12. The van der Waals surface area contributed by atoms with Gasteiger partial charge in [0, 0.05) is 44.0 Å². The first-order valence-corrected chi connectivity index (χ1v) is 7.20. The van der Waals surface area contributed by atoms with E-state index in [1.54, 1.807) is 12.1 Å². The summed E-state index contributed by atoms with van der Waals surface area (Å²) in [5, 5.41) is 2.89. The molecule has 5 nitrogen and oxygen atoms in total. The summed E-state index contributed by atoms with van der Waals surface area (Å²) < 4.78 is 0. The van der Waals surface area contributed by atoms with E-state index in [0.717, 1.165) is 44.8 Å². The van der Waals surface area contributed by atoms with Crippen molar-refractivity contribution in [3.8, 4) is 0 Å². The van der Waals surface area contributed by atoms with Gasteiger partial charge in [-0.05, 0) is 44.3 Å². The van der Waals surface area contributed by atoms with Crippen molar-refractivity contribution in [3.05, 3.63) is 24.3 Å². The molecule has 1 heterocycles. The Morgan fingerprint density at radius 3 is 2.50 bits per heavy atom. The van der Waals surface area contributed by atoms with Crippen LogP contribution in [0.2, 0.25) is 0 Å². The van der Waals surface area contributed by atoms with Crippen LogP contribution in [0.25, 0.3) is 0 Å². The SMILES string of the molecule is CN1CCN(CCCC(=O)Nc2ccc(N)cc2)CC1. The minimum absolute atomic E-state index is 0.0731. The molecule has 0 aliphatic carbocycles. The van der Waals surface area contributed by atoms with E-state index in [-0.39, 0.29) is 5.91 Å². The van der Waals surface area contributed by atoms with E-state index >= 15 is 0 Å². The van der Waals surface area contributed by atoms with Crippen LogP contribution in [0.3, 0.4) is 0 Å². The zero-order chi connectivity index (χ0) is 14.4. The molecule has 3 N–H and O–H groups in total. The number of carbonyl (C=O) groups is 1. The minimum atomic E-state index is 0.0731. The molecule has 0 atom stereocenters. The van der Waals surface area contributed by atoms with E-state index in [2.05, 4.69) is 22.2 Å². The smallest absolute Gasteiger partial charge is 0.224 e. The van der Waals surface area contributed by atoms with Gasteiger partial charge in [0.1, 0.15) is 0 Å². The second kappa shape index (κ2) is 7.26. The van der Waals surface area contributed by atoms with E-state index in [0.29, 0.717) is 12.1 Å². The van der Waals surface area contributed by atoms with Crippen molar-refractivity contribution in [2.24, 2.45) is 0 Å². The van der Waals surface area contributed by atoms with Gasteiger partial charge in [0.15, 0.2) is 0 Å². The lowest BCUT2D eigenvalue weighted by Gasteiger charge is -2.32. The molecule has 0 bridgehead atoms. The molecule has 0 spiro atoms. The number of amides is 1. The third-order valence-corrected chi connectivity index (χ3v) is 3.67. The standard InChI is InChI=1S/C15H24N4O/c1-18-9-11-19(12-10-18)8-2-3-15(20)17-14-6-4-13(16)5-7-14/h4-7H,2-3,8-12,16H2,1H3,(H,17,20). The third-order valence-electron chi connectivity index (χ3n) is 3.67. The van der Waals surface area contributed by atoms with Crippen molar-refractivity contribution in [3.63, 3.8) is 0 Å². The van der Waals surface area contributed by atoms with Crippen molar-refractivity contribution in [1.82, 2.24) is 9.80 Å². The molecule has 110 valence electrons. The van der Waals surface area contributed by atoms with Crippen LogP contribution < -0.4 is 11.1 Å². The van der Waals surface area contributed by atoms with Crippen molar-refractivity contribution in [2.75, 3.05) is 50.8 Å². The number of nitrogens with one attached hydrogen (secondary N) is 1. The monoisotopic (exact) mass is 276 g/mol. The van der Waals surface area contributed by atoms with Crippen LogP contribution in [-0.2, 0) is 4.79 Å². The first-order chi connectivity index (χ1) is 9.63. The van der Waals surface area contributed by atoms with Gasteiger partial charge in [-0.3, -0.25) is 4.79 Å². The fraction of sp³-hybridized carbons (Fsp3) is 0.533. The van der Waals surface area contributed by atoms with Gasteiger partial charge >= 0.3 is 0 Å². The van der Waals surface area contributed by atoms with E-state index in [9.17, 15) is 4.79 Å². The first-order valence-electron chi connectivity index (χ1n) is 7.20. The fourth-order valence-corrected chi connectivity index (χ4v) is 2.32. The minimum Gasteiger partial charge on any atom is -0.399 e. The molecular weight excluding hydrogens is 252 g/mol. The highest BCUT2D eigenvalue weighted by Gasteiger charge is 2.13. The number of rotatable bonds is 5. The molecule has 1 amide bonds. The second-order valence-electron chi connectivity index (χ2n) is 5.42. The maximum absolute atomic E-state index is 11.8. The third kappa shape index (κ3) is 4.83. The summed E-state index contributed by atoms with van der Waals surface area (Å²) in [4.78, 5) is 16.6. The summed E-state index contributed by atoms with van der Waals surface area (Å²) in [7, 11) is 2.15. The molecule has 1 fully saturated rings. The van der Waals surface area contributed by atoms with Crippen LogP contribution in [0.1, 0.15) is 12.8 Å². The highest BCUT2D eigenvalue weighted by molar-refractivity contribution is 5.90. The number of anilines is 2. The number of nitrogen functional groups attached to an aromatic ring is 1. The molecule has 0 saturated carbocycles. The average Bonchev–Trinajstić information content (AvgIpc) is 2.44. The van der Waals surface area contributed by atoms with E-state index < -0.39 is 0 Å². The molecule has 0 unspecified atom stereocenters. The highest BCUT2D eigenvalue weighted by Crippen LogP contribution is 2.11. The van der Waals surface area contributed by atoms with Crippen LogP contribution in [0.4, 0.5) is 11.4 Å². The van der Waals surface area contributed by atoms with Gasteiger partial charge in [0.25, 0.3) is 0 Å². The molecule has 1 aliphatic rings. The van der Waals surface area contributed by atoms with Crippen molar-refractivity contribution in [1.29, 1.82) is 0 Å². The lowest BCUT2D eigenvalue weighted by atomic mass is 10.2. The Labute approximate surface area is 120 Å². The molecule has 0 radical (unpaired) electrons. The Hall–Kier alpha value is -1.59. The van der Waals surface area contributed by atoms with Crippen LogP contribution in [0.15, 0.2) is 24.3 Å². The van der Waals surface area contributed by atoms with E-state index in [1.807, 2.05) is 12.1 Å². The fourth-order valence-electron chi connectivity index (χ4n) is 2.32. The Balaban J connectivity index is 1.64. The molecule has 1 aromatic rings. The Morgan fingerprint density at radius 2 is 1.85 bits per heavy atom. The number of nitrogens with two attached hydrogens (primary N) is 1. The van der Waals surface area contributed by atoms with Gasteiger partial charge in [0.05, 0.1) is 0 Å². The normalized spacial score (nSPS) is 17.1. The molecule has 0 aromatic heterocycles. The predicted molar refractivity (Wildman–Crippen MR) is 82.7 cm³/mol. The van der Waals surface area contributed by atoms with Crippen molar-refractivity contribution in [2.45, 2.75) is 12.8 Å². The number of piperazine rings is 1. The molecule has 2 rings (SSSR count). The number of benzene rings is 1. The van der Waals surface area contributed by atoms with Crippen LogP contribution in [-0.4, -0.2) is 55.5 Å². The van der Waals surface area contributed by atoms with E-state index in [4.69, 9.17) is 5.73 Å². The van der Waals surface area contributed by atoms with Gasteiger partial charge in [0.2, 0.25) is 5.91 Å². The predicted octanol–water partition coefficient (Wildman–Crippen LogP) is 1.23. The lowest BCUT2D eigenvalue weighted by Crippen LogP contribution is -2.44. The molecule has 1 aromatic carbocycles. The quantitative estimate of drug-likeness (QED) is 0.794. The molecule has 5 heteroatoms. The Morgan fingerprint density at radius 1 is 1.20 bits per heavy atom. The van der Waals surface area contributed by atoms with Gasteiger partial charge in [-0.15, -0.1) is 0 Å². The van der Waals surface area contributed by atoms with Gasteiger partial charge in [-0.2, -0.15) is 0 Å². The summed E-state index contributed by atoms with van der Waals surface area (Å²) >= 11 is 0. The topological polar surface area (TPSA) is 61.6 Å². The second-order valence-corrected chi connectivity index (χ2v) is 5.42. The molecule has 1 saturated heterocycles. The molecule has 20 heavy (non-hydrogen) atoms. The summed E-state index contributed by atoms with van der Waals surface area (Å²) in [6, 6.07) is 7.24. The summed E-state index contributed by atoms with van der Waals surface area (Å²) in [5.74, 6) is 0.0731. The maximum atomic E-state index is 11.8. The number of hydrogen-bond donors (Lipinski definition) is 2. The van der Waals surface area contributed by atoms with Crippen LogP contribution in [0, 0.1) is 0 Å². The lowest BCUT2D eigenvalue weighted by molar-refractivity contribution is -0.116. The largest absolute Gasteiger partial charge is 0.399 e. The Kier molecular flexibility index (Phi) is 5.38. The van der Waals surface area contributed by atoms with Crippen molar-refractivity contribution >= 4 is 17.3 Å². The van der Waals surface area contributed by atoms with Gasteiger partial charge in [-0.1, -0.05) is 0 Å². The number of carbonyl (C=O) groups excluding carboxylic acids is 1. The zero-order valence-electron chi connectivity index (χ0n) is 12.1. The van der Waals surface area contributed by atoms with Gasteiger partial charge in [-0.25, -0.2) is 0 Å². The first kappa shape index (κ1) is 14.8. The molecule has 1 aliphatic heterocycles. The number of hydrogen-bond acceptors (Lipinski definition) is 4. The average molecular weight is 276 g/mol. The zero-order valence-corrected chi connectivity index (χ0v) is 12.1. The highest BCUT2D eigenvalue weighted by atomic mass is 16.1.